The Bertz CT molecular complexity index is 820. The first-order valence-corrected chi connectivity index (χ1v) is 9.59. The van der Waals surface area contributed by atoms with Crippen LogP contribution in [0.3, 0.4) is 0 Å². The third kappa shape index (κ3) is 4.97. The van der Waals surface area contributed by atoms with Crippen molar-refractivity contribution in [3.05, 3.63) is 59.1 Å². The van der Waals surface area contributed by atoms with Gasteiger partial charge in [-0.3, -0.25) is 9.10 Å². The summed E-state index contributed by atoms with van der Waals surface area (Å²) in [5.74, 6) is -0.244. The molecule has 0 unspecified atom stereocenters. The molecule has 0 radical (unpaired) electrons. The van der Waals surface area contributed by atoms with Gasteiger partial charge in [-0.15, -0.1) is 0 Å². The molecular formula is C17H19ClN2O3S. The number of anilines is 2. The molecule has 0 atom stereocenters. The number of nitrogens with one attached hydrogen (secondary N) is 1. The maximum Gasteiger partial charge on any atom is 0.232 e. The summed E-state index contributed by atoms with van der Waals surface area (Å²) in [5.41, 5.74) is 2.15. The Balaban J connectivity index is 2.07. The summed E-state index contributed by atoms with van der Waals surface area (Å²) in [6.07, 6.45) is 1.16. The van der Waals surface area contributed by atoms with Crippen molar-refractivity contribution in [2.45, 2.75) is 13.3 Å². The fourth-order valence-corrected chi connectivity index (χ4v) is 3.28. The number of carbonyl (C=O) groups is 1. The Hall–Kier alpha value is -2.05. The molecule has 0 aliphatic carbocycles. The molecule has 2 aromatic rings. The van der Waals surface area contributed by atoms with Crippen molar-refractivity contribution in [3.63, 3.8) is 0 Å². The standard InChI is InChI=1S/C17H19ClN2O3S/c1-13-5-3-4-6-16(13)19-17(21)11-12-20(24(2,22)23)15-9-7-14(18)8-10-15/h3-10H,11-12H2,1-2H3,(H,19,21). The summed E-state index contributed by atoms with van der Waals surface area (Å²) in [7, 11) is -3.50. The van der Waals surface area contributed by atoms with Gasteiger partial charge in [0.05, 0.1) is 11.9 Å². The van der Waals surface area contributed by atoms with E-state index in [-0.39, 0.29) is 18.9 Å². The lowest BCUT2D eigenvalue weighted by molar-refractivity contribution is -0.116. The van der Waals surface area contributed by atoms with E-state index in [0.717, 1.165) is 17.5 Å². The quantitative estimate of drug-likeness (QED) is 0.851. The zero-order valence-electron chi connectivity index (χ0n) is 13.5. The molecule has 1 N–H and O–H groups in total. The van der Waals surface area contributed by atoms with E-state index in [0.29, 0.717) is 10.7 Å². The third-order valence-corrected chi connectivity index (χ3v) is 4.92. The predicted octanol–water partition coefficient (Wildman–Crippen LogP) is 3.44. The van der Waals surface area contributed by atoms with Crippen LogP contribution in [0.1, 0.15) is 12.0 Å². The number of para-hydroxylation sites is 1. The van der Waals surface area contributed by atoms with Gasteiger partial charge in [0.2, 0.25) is 15.9 Å². The van der Waals surface area contributed by atoms with Crippen LogP contribution in [0.4, 0.5) is 11.4 Å². The molecule has 128 valence electrons. The molecule has 0 fully saturated rings. The molecule has 0 aliphatic rings. The average molecular weight is 367 g/mol. The van der Waals surface area contributed by atoms with Crippen molar-refractivity contribution in [1.82, 2.24) is 0 Å². The Kier molecular flexibility index (Phi) is 5.85. The van der Waals surface area contributed by atoms with Crippen molar-refractivity contribution < 1.29 is 13.2 Å². The second kappa shape index (κ2) is 7.68. The SMILES string of the molecule is Cc1ccccc1NC(=O)CCN(c1ccc(Cl)cc1)S(C)(=O)=O. The number of aryl methyl sites for hydroxylation is 1. The molecule has 1 amide bonds. The van der Waals surface area contributed by atoms with Gasteiger partial charge in [0.1, 0.15) is 0 Å². The molecule has 2 rings (SSSR count). The number of hydrogen-bond donors (Lipinski definition) is 1. The summed E-state index contributed by atoms with van der Waals surface area (Å²) in [5, 5.41) is 3.31. The van der Waals surface area contributed by atoms with Gasteiger partial charge in [-0.25, -0.2) is 8.42 Å². The van der Waals surface area contributed by atoms with Crippen LogP contribution in [0.25, 0.3) is 0 Å². The highest BCUT2D eigenvalue weighted by molar-refractivity contribution is 7.92. The topological polar surface area (TPSA) is 66.5 Å². The fourth-order valence-electron chi connectivity index (χ4n) is 2.22. The molecule has 2 aromatic carbocycles. The van der Waals surface area contributed by atoms with Crippen molar-refractivity contribution >= 4 is 38.9 Å². The minimum absolute atomic E-state index is 0.0457. The average Bonchev–Trinajstić information content (AvgIpc) is 2.50. The lowest BCUT2D eigenvalue weighted by atomic mass is 10.2. The molecule has 0 aromatic heterocycles. The van der Waals surface area contributed by atoms with E-state index in [1.165, 1.54) is 4.31 Å². The second-order valence-electron chi connectivity index (χ2n) is 5.42. The van der Waals surface area contributed by atoms with Crippen LogP contribution in [0, 0.1) is 6.92 Å². The molecule has 0 saturated heterocycles. The molecule has 24 heavy (non-hydrogen) atoms. The van der Waals surface area contributed by atoms with Crippen LogP contribution in [0.5, 0.6) is 0 Å². The number of nitrogens with zero attached hydrogens (tertiary/aromatic N) is 1. The number of amides is 1. The molecule has 0 saturated carbocycles. The van der Waals surface area contributed by atoms with Crippen molar-refractivity contribution in [1.29, 1.82) is 0 Å². The lowest BCUT2D eigenvalue weighted by Crippen LogP contribution is -2.33. The molecule has 7 heteroatoms. The van der Waals surface area contributed by atoms with E-state index in [2.05, 4.69) is 5.32 Å². The number of carbonyl (C=O) groups excluding carboxylic acids is 1. The zero-order chi connectivity index (χ0) is 17.7. The van der Waals surface area contributed by atoms with Gasteiger partial charge >= 0.3 is 0 Å². The van der Waals surface area contributed by atoms with Crippen LogP contribution < -0.4 is 9.62 Å². The molecule has 0 heterocycles. The Morgan fingerprint density at radius 2 is 1.75 bits per heavy atom. The lowest BCUT2D eigenvalue weighted by Gasteiger charge is -2.22. The van der Waals surface area contributed by atoms with Crippen LogP contribution in [0.2, 0.25) is 5.02 Å². The highest BCUT2D eigenvalue weighted by Crippen LogP contribution is 2.21. The Labute approximate surface area is 147 Å². The van der Waals surface area contributed by atoms with E-state index in [1.54, 1.807) is 30.3 Å². The van der Waals surface area contributed by atoms with Gasteiger partial charge in [0, 0.05) is 23.7 Å². The minimum Gasteiger partial charge on any atom is -0.326 e. The second-order valence-corrected chi connectivity index (χ2v) is 7.77. The van der Waals surface area contributed by atoms with E-state index in [9.17, 15) is 13.2 Å². The van der Waals surface area contributed by atoms with Gasteiger partial charge in [0.15, 0.2) is 0 Å². The number of benzene rings is 2. The number of rotatable bonds is 6. The normalized spacial score (nSPS) is 11.1. The number of sulfonamides is 1. The fraction of sp³-hybridized carbons (Fsp3) is 0.235. The van der Waals surface area contributed by atoms with E-state index >= 15 is 0 Å². The smallest absolute Gasteiger partial charge is 0.232 e. The van der Waals surface area contributed by atoms with E-state index < -0.39 is 10.0 Å². The van der Waals surface area contributed by atoms with Gasteiger partial charge in [0.25, 0.3) is 0 Å². The first-order chi connectivity index (χ1) is 11.3. The maximum absolute atomic E-state index is 12.1. The van der Waals surface area contributed by atoms with Gasteiger partial charge in [-0.05, 0) is 42.8 Å². The first kappa shape index (κ1) is 18.3. The summed E-state index contributed by atoms with van der Waals surface area (Å²) in [6.45, 7) is 1.95. The molecule has 0 aliphatic heterocycles. The van der Waals surface area contributed by atoms with E-state index in [4.69, 9.17) is 11.6 Å². The van der Waals surface area contributed by atoms with Crippen LogP contribution in [-0.2, 0) is 14.8 Å². The van der Waals surface area contributed by atoms with Crippen LogP contribution >= 0.6 is 11.6 Å². The molecule has 5 nitrogen and oxygen atoms in total. The van der Waals surface area contributed by atoms with E-state index in [1.807, 2.05) is 25.1 Å². The Morgan fingerprint density at radius 1 is 1.12 bits per heavy atom. The van der Waals surface area contributed by atoms with Gasteiger partial charge in [-0.2, -0.15) is 0 Å². The first-order valence-electron chi connectivity index (χ1n) is 7.36. The summed E-state index contributed by atoms with van der Waals surface area (Å²) >= 11 is 5.83. The molecular weight excluding hydrogens is 348 g/mol. The Morgan fingerprint density at radius 3 is 2.33 bits per heavy atom. The van der Waals surface area contributed by atoms with Gasteiger partial charge in [-0.1, -0.05) is 29.8 Å². The minimum atomic E-state index is -3.50. The van der Waals surface area contributed by atoms with Crippen molar-refractivity contribution in [3.8, 4) is 0 Å². The third-order valence-electron chi connectivity index (χ3n) is 3.48. The highest BCUT2D eigenvalue weighted by Gasteiger charge is 2.18. The summed E-state index contributed by atoms with van der Waals surface area (Å²) in [4.78, 5) is 12.1. The molecule has 0 spiro atoms. The molecule has 0 bridgehead atoms. The highest BCUT2D eigenvalue weighted by atomic mass is 35.5. The predicted molar refractivity (Wildman–Crippen MR) is 98.1 cm³/mol. The largest absolute Gasteiger partial charge is 0.326 e. The van der Waals surface area contributed by atoms with Crippen LogP contribution in [-0.4, -0.2) is 27.1 Å². The van der Waals surface area contributed by atoms with Crippen LogP contribution in [0.15, 0.2) is 48.5 Å². The summed E-state index contributed by atoms with van der Waals surface area (Å²) < 4.78 is 25.2. The number of hydrogen-bond acceptors (Lipinski definition) is 3. The number of halogens is 1. The van der Waals surface area contributed by atoms with Gasteiger partial charge < -0.3 is 5.32 Å². The van der Waals surface area contributed by atoms with Crippen molar-refractivity contribution in [2.75, 3.05) is 22.4 Å². The maximum atomic E-state index is 12.1. The summed E-state index contributed by atoms with van der Waals surface area (Å²) in [6, 6.07) is 13.9. The van der Waals surface area contributed by atoms with Crippen molar-refractivity contribution in [2.24, 2.45) is 0 Å². The zero-order valence-corrected chi connectivity index (χ0v) is 15.1. The monoisotopic (exact) mass is 366 g/mol.